The zero-order valence-electron chi connectivity index (χ0n) is 16.2. The van der Waals surface area contributed by atoms with Crippen LogP contribution in [0.5, 0.6) is 11.5 Å². The monoisotopic (exact) mass is 418 g/mol. The molecule has 1 aliphatic heterocycles. The first kappa shape index (κ1) is 20.7. The van der Waals surface area contributed by atoms with Crippen LogP contribution in [0.4, 0.5) is 5.69 Å². The number of hydrogen-bond acceptors (Lipinski definition) is 6. The van der Waals surface area contributed by atoms with Crippen LogP contribution >= 0.6 is 0 Å². The molecule has 0 unspecified atom stereocenters. The van der Waals surface area contributed by atoms with E-state index < -0.39 is 15.9 Å². The van der Waals surface area contributed by atoms with Crippen LogP contribution in [0.15, 0.2) is 42.5 Å². The third-order valence-corrected chi connectivity index (χ3v) is 6.30. The van der Waals surface area contributed by atoms with Gasteiger partial charge in [0.15, 0.2) is 0 Å². The topological polar surface area (TPSA) is 102 Å². The summed E-state index contributed by atoms with van der Waals surface area (Å²) in [6.45, 7) is 0.378. The highest BCUT2D eigenvalue weighted by Crippen LogP contribution is 2.26. The number of carbonyl (C=O) groups is 2. The molecule has 8 nitrogen and oxygen atoms in total. The van der Waals surface area contributed by atoms with Gasteiger partial charge in [-0.15, -0.1) is 0 Å². The lowest BCUT2D eigenvalue weighted by atomic mass is 10.1. The quantitative estimate of drug-likeness (QED) is 0.735. The molecule has 0 bridgehead atoms. The second-order valence-corrected chi connectivity index (χ2v) is 8.39. The third kappa shape index (κ3) is 4.51. The van der Waals surface area contributed by atoms with Gasteiger partial charge in [-0.05, 0) is 54.4 Å². The van der Waals surface area contributed by atoms with Crippen molar-refractivity contribution in [2.75, 3.05) is 30.8 Å². The minimum absolute atomic E-state index is 0.0295. The number of anilines is 1. The standard InChI is InChI=1S/C20H22N2O6S/c1-27-17-7-8-18(28-2)15(13-17)9-11-21-20(24)14-3-5-16(6-4-14)22-19(23)10-12-29(22,25)26/h3-8,13H,9-12H2,1-2H3,(H,21,24). The summed E-state index contributed by atoms with van der Waals surface area (Å²) in [6.07, 6.45) is 0.517. The average molecular weight is 418 g/mol. The molecular weight excluding hydrogens is 396 g/mol. The van der Waals surface area contributed by atoms with Crippen molar-refractivity contribution in [2.24, 2.45) is 0 Å². The van der Waals surface area contributed by atoms with Gasteiger partial charge in [-0.2, -0.15) is 0 Å². The Morgan fingerprint density at radius 2 is 1.83 bits per heavy atom. The van der Waals surface area contributed by atoms with E-state index in [1.807, 2.05) is 12.1 Å². The van der Waals surface area contributed by atoms with E-state index in [9.17, 15) is 18.0 Å². The number of amides is 2. The highest BCUT2D eigenvalue weighted by atomic mass is 32.2. The summed E-state index contributed by atoms with van der Waals surface area (Å²) >= 11 is 0. The zero-order valence-corrected chi connectivity index (χ0v) is 17.0. The lowest BCUT2D eigenvalue weighted by Gasteiger charge is -2.15. The maximum absolute atomic E-state index is 12.4. The molecule has 0 aromatic heterocycles. The molecule has 0 saturated carbocycles. The molecule has 1 heterocycles. The summed E-state index contributed by atoms with van der Waals surface area (Å²) in [7, 11) is -0.457. The molecule has 2 amide bonds. The van der Waals surface area contributed by atoms with Gasteiger partial charge in [0.2, 0.25) is 15.9 Å². The minimum atomic E-state index is -3.62. The van der Waals surface area contributed by atoms with Crippen molar-refractivity contribution in [3.63, 3.8) is 0 Å². The number of methoxy groups -OCH3 is 2. The van der Waals surface area contributed by atoms with E-state index in [0.717, 1.165) is 9.87 Å². The van der Waals surface area contributed by atoms with Gasteiger partial charge >= 0.3 is 0 Å². The molecule has 2 aromatic carbocycles. The largest absolute Gasteiger partial charge is 0.497 e. The molecule has 0 aliphatic carbocycles. The fourth-order valence-electron chi connectivity index (χ4n) is 3.11. The molecule has 154 valence electrons. The number of ether oxygens (including phenoxy) is 2. The summed E-state index contributed by atoms with van der Waals surface area (Å²) in [5, 5.41) is 2.82. The Labute approximate surface area is 169 Å². The van der Waals surface area contributed by atoms with Crippen molar-refractivity contribution in [1.29, 1.82) is 0 Å². The van der Waals surface area contributed by atoms with Crippen LogP contribution < -0.4 is 19.1 Å². The number of nitrogens with zero attached hydrogens (tertiary/aromatic N) is 1. The van der Waals surface area contributed by atoms with Crippen LogP contribution in [-0.2, 0) is 21.2 Å². The maximum Gasteiger partial charge on any atom is 0.251 e. The number of nitrogens with one attached hydrogen (secondary N) is 1. The Kier molecular flexibility index (Phi) is 6.07. The van der Waals surface area contributed by atoms with Crippen LogP contribution in [0, 0.1) is 0 Å². The van der Waals surface area contributed by atoms with E-state index in [4.69, 9.17) is 9.47 Å². The second kappa shape index (κ2) is 8.52. The Bertz CT molecular complexity index is 1020. The highest BCUT2D eigenvalue weighted by molar-refractivity contribution is 7.94. The molecule has 1 N–H and O–H groups in total. The van der Waals surface area contributed by atoms with E-state index >= 15 is 0 Å². The number of hydrogen-bond donors (Lipinski definition) is 1. The molecule has 9 heteroatoms. The van der Waals surface area contributed by atoms with Gasteiger partial charge in [-0.25, -0.2) is 12.7 Å². The van der Waals surface area contributed by atoms with Crippen LogP contribution in [0.2, 0.25) is 0 Å². The van der Waals surface area contributed by atoms with E-state index in [-0.39, 0.29) is 23.8 Å². The molecule has 0 atom stereocenters. The Morgan fingerprint density at radius 1 is 1.10 bits per heavy atom. The van der Waals surface area contributed by atoms with Gasteiger partial charge in [-0.3, -0.25) is 9.59 Å². The van der Waals surface area contributed by atoms with Crippen molar-refractivity contribution in [2.45, 2.75) is 12.8 Å². The van der Waals surface area contributed by atoms with Crippen LogP contribution in [0.25, 0.3) is 0 Å². The Morgan fingerprint density at radius 3 is 2.41 bits per heavy atom. The molecule has 1 fully saturated rings. The van der Waals surface area contributed by atoms with Gasteiger partial charge in [-0.1, -0.05) is 0 Å². The molecule has 0 radical (unpaired) electrons. The average Bonchev–Trinajstić information content (AvgIpc) is 3.00. The fraction of sp³-hybridized carbons (Fsp3) is 0.300. The van der Waals surface area contributed by atoms with Crippen LogP contribution in [0.1, 0.15) is 22.3 Å². The molecule has 0 spiro atoms. The molecule has 1 saturated heterocycles. The summed E-state index contributed by atoms with van der Waals surface area (Å²) in [5.74, 6) is 0.459. The van der Waals surface area contributed by atoms with E-state index in [1.165, 1.54) is 24.3 Å². The maximum atomic E-state index is 12.4. The molecular formula is C20H22N2O6S. The number of rotatable bonds is 7. The highest BCUT2D eigenvalue weighted by Gasteiger charge is 2.36. The fourth-order valence-corrected chi connectivity index (χ4v) is 4.57. The van der Waals surface area contributed by atoms with Crippen LogP contribution in [0.3, 0.4) is 0 Å². The Balaban J connectivity index is 1.63. The van der Waals surface area contributed by atoms with Gasteiger partial charge < -0.3 is 14.8 Å². The van der Waals surface area contributed by atoms with Crippen molar-refractivity contribution < 1.29 is 27.5 Å². The molecule has 2 aromatic rings. The number of benzene rings is 2. The molecule has 3 rings (SSSR count). The van der Waals surface area contributed by atoms with Gasteiger partial charge in [0, 0.05) is 18.5 Å². The lowest BCUT2D eigenvalue weighted by molar-refractivity contribution is -0.116. The number of sulfonamides is 1. The summed E-state index contributed by atoms with van der Waals surface area (Å²) in [6, 6.07) is 11.4. The summed E-state index contributed by atoms with van der Waals surface area (Å²) in [4.78, 5) is 24.2. The third-order valence-electron chi connectivity index (χ3n) is 4.61. The normalized spacial score (nSPS) is 15.2. The number of carbonyl (C=O) groups excluding carboxylic acids is 2. The van der Waals surface area contributed by atoms with E-state index in [1.54, 1.807) is 20.3 Å². The van der Waals surface area contributed by atoms with Crippen molar-refractivity contribution in [1.82, 2.24) is 5.32 Å². The lowest BCUT2D eigenvalue weighted by Crippen LogP contribution is -2.29. The van der Waals surface area contributed by atoms with Gasteiger partial charge in [0.05, 0.1) is 25.7 Å². The first-order chi connectivity index (χ1) is 13.9. The molecule has 1 aliphatic rings. The van der Waals surface area contributed by atoms with Gasteiger partial charge in [0.1, 0.15) is 11.5 Å². The van der Waals surface area contributed by atoms with E-state index in [0.29, 0.717) is 30.0 Å². The first-order valence-corrected chi connectivity index (χ1v) is 10.6. The zero-order chi connectivity index (χ0) is 21.0. The van der Waals surface area contributed by atoms with Crippen molar-refractivity contribution >= 4 is 27.5 Å². The predicted octanol–water partition coefficient (Wildman–Crippen LogP) is 1.74. The molecule has 29 heavy (non-hydrogen) atoms. The van der Waals surface area contributed by atoms with Crippen molar-refractivity contribution in [3.8, 4) is 11.5 Å². The van der Waals surface area contributed by atoms with Crippen molar-refractivity contribution in [3.05, 3.63) is 53.6 Å². The first-order valence-electron chi connectivity index (χ1n) is 9.00. The van der Waals surface area contributed by atoms with Gasteiger partial charge in [0.25, 0.3) is 5.91 Å². The smallest absolute Gasteiger partial charge is 0.251 e. The predicted molar refractivity (Wildman–Crippen MR) is 108 cm³/mol. The minimum Gasteiger partial charge on any atom is -0.497 e. The SMILES string of the molecule is COc1ccc(OC)c(CCNC(=O)c2ccc(N3C(=O)CCS3(=O)=O)cc2)c1. The van der Waals surface area contributed by atoms with Crippen LogP contribution in [-0.4, -0.2) is 46.7 Å². The summed E-state index contributed by atoms with van der Waals surface area (Å²) < 4.78 is 35.3. The summed E-state index contributed by atoms with van der Waals surface area (Å²) in [5.41, 5.74) is 1.51. The second-order valence-electron chi connectivity index (χ2n) is 6.45. The Hall–Kier alpha value is -3.07. The van der Waals surface area contributed by atoms with E-state index in [2.05, 4.69) is 5.32 Å².